The van der Waals surface area contributed by atoms with Crippen LogP contribution < -0.4 is 5.43 Å². The topological polar surface area (TPSA) is 84.6 Å². The van der Waals surface area contributed by atoms with Gasteiger partial charge in [-0.2, -0.15) is 5.10 Å². The number of carbonyl (C=O) groups is 1. The van der Waals surface area contributed by atoms with Crippen LogP contribution in [0.15, 0.2) is 53.6 Å². The van der Waals surface area contributed by atoms with Gasteiger partial charge in [0.15, 0.2) is 0 Å². The van der Waals surface area contributed by atoms with Crippen molar-refractivity contribution in [1.29, 1.82) is 0 Å². The quantitative estimate of drug-likeness (QED) is 0.462. The summed E-state index contributed by atoms with van der Waals surface area (Å²) in [6, 6.07) is 13.4. The molecular formula is C16H14ClN3O3S. The molecule has 2 rings (SSSR count). The van der Waals surface area contributed by atoms with Crippen LogP contribution in [0.1, 0.15) is 11.1 Å². The highest BCUT2D eigenvalue weighted by molar-refractivity contribution is 7.99. The van der Waals surface area contributed by atoms with Crippen molar-refractivity contribution in [2.75, 3.05) is 5.75 Å². The number of nitrogens with one attached hydrogen (secondary N) is 1. The second kappa shape index (κ2) is 9.05. The van der Waals surface area contributed by atoms with E-state index in [1.54, 1.807) is 24.3 Å². The van der Waals surface area contributed by atoms with E-state index in [0.717, 1.165) is 5.56 Å². The Balaban J connectivity index is 1.75. The summed E-state index contributed by atoms with van der Waals surface area (Å²) in [5.41, 5.74) is 3.99. The van der Waals surface area contributed by atoms with Crippen molar-refractivity contribution in [2.24, 2.45) is 5.10 Å². The maximum atomic E-state index is 11.7. The van der Waals surface area contributed by atoms with E-state index >= 15 is 0 Å². The number of halogens is 1. The van der Waals surface area contributed by atoms with E-state index in [0.29, 0.717) is 16.3 Å². The van der Waals surface area contributed by atoms with Gasteiger partial charge in [0.1, 0.15) is 0 Å². The number of carbonyl (C=O) groups excluding carboxylic acids is 1. The van der Waals surface area contributed by atoms with Crippen LogP contribution in [0, 0.1) is 10.1 Å². The molecule has 8 heteroatoms. The van der Waals surface area contributed by atoms with E-state index in [1.165, 1.54) is 30.1 Å². The summed E-state index contributed by atoms with van der Waals surface area (Å²) in [4.78, 5) is 21.9. The largest absolute Gasteiger partial charge is 0.272 e. The van der Waals surface area contributed by atoms with Crippen LogP contribution in [0.25, 0.3) is 0 Å². The van der Waals surface area contributed by atoms with Gasteiger partial charge in [0.05, 0.1) is 16.9 Å². The molecule has 1 N–H and O–H groups in total. The molecule has 24 heavy (non-hydrogen) atoms. The van der Waals surface area contributed by atoms with Crippen molar-refractivity contribution in [3.05, 3.63) is 74.8 Å². The Morgan fingerprint density at radius 1 is 1.29 bits per heavy atom. The minimum Gasteiger partial charge on any atom is -0.272 e. The first-order valence-corrected chi connectivity index (χ1v) is 8.46. The number of nitrogens with zero attached hydrogens (tertiary/aromatic N) is 2. The molecule has 2 aromatic rings. The van der Waals surface area contributed by atoms with Crippen molar-refractivity contribution in [3.63, 3.8) is 0 Å². The fourth-order valence-electron chi connectivity index (χ4n) is 1.77. The highest BCUT2D eigenvalue weighted by Crippen LogP contribution is 2.15. The molecule has 0 spiro atoms. The van der Waals surface area contributed by atoms with Crippen LogP contribution in [0.2, 0.25) is 5.02 Å². The molecule has 0 saturated carbocycles. The summed E-state index contributed by atoms with van der Waals surface area (Å²) >= 11 is 7.26. The molecule has 0 aliphatic heterocycles. The van der Waals surface area contributed by atoms with E-state index in [9.17, 15) is 14.9 Å². The SMILES string of the molecule is O=C(CSCc1ccc(Cl)cc1)N/N=C\c1cccc([N+](=O)[O-])c1. The molecule has 2 aromatic carbocycles. The molecule has 0 atom stereocenters. The van der Waals surface area contributed by atoms with E-state index in [1.807, 2.05) is 12.1 Å². The summed E-state index contributed by atoms with van der Waals surface area (Å²) in [6.07, 6.45) is 1.37. The third-order valence-corrected chi connectivity index (χ3v) is 4.15. The summed E-state index contributed by atoms with van der Waals surface area (Å²) in [5.74, 6) is 0.712. The molecule has 0 saturated heterocycles. The van der Waals surface area contributed by atoms with Crippen LogP contribution >= 0.6 is 23.4 Å². The molecule has 0 aliphatic carbocycles. The number of hydrazone groups is 1. The average molecular weight is 364 g/mol. The van der Waals surface area contributed by atoms with Crippen LogP contribution in [-0.4, -0.2) is 22.8 Å². The van der Waals surface area contributed by atoms with Gasteiger partial charge in [-0.3, -0.25) is 14.9 Å². The number of nitro benzene ring substituents is 1. The number of benzene rings is 2. The number of amides is 1. The third kappa shape index (κ3) is 6.02. The van der Waals surface area contributed by atoms with E-state index in [-0.39, 0.29) is 17.3 Å². The van der Waals surface area contributed by atoms with Gasteiger partial charge in [0.25, 0.3) is 5.69 Å². The minimum atomic E-state index is -0.483. The Morgan fingerprint density at radius 2 is 2.04 bits per heavy atom. The standard InChI is InChI=1S/C16H14ClN3O3S/c17-14-6-4-12(5-7-14)10-24-11-16(21)19-18-9-13-2-1-3-15(8-13)20(22)23/h1-9H,10-11H2,(H,19,21)/b18-9-. The molecule has 6 nitrogen and oxygen atoms in total. The van der Waals surface area contributed by atoms with Crippen molar-refractivity contribution in [3.8, 4) is 0 Å². The van der Waals surface area contributed by atoms with Crippen molar-refractivity contribution < 1.29 is 9.72 Å². The van der Waals surface area contributed by atoms with Gasteiger partial charge in [-0.25, -0.2) is 5.43 Å². The fourth-order valence-corrected chi connectivity index (χ4v) is 2.68. The normalized spacial score (nSPS) is 10.7. The zero-order valence-electron chi connectivity index (χ0n) is 12.5. The van der Waals surface area contributed by atoms with Crippen molar-refractivity contribution >= 4 is 41.2 Å². The smallest absolute Gasteiger partial charge is 0.270 e. The first-order valence-electron chi connectivity index (χ1n) is 6.93. The Hall–Kier alpha value is -2.38. The Morgan fingerprint density at radius 3 is 2.75 bits per heavy atom. The summed E-state index contributed by atoms with van der Waals surface area (Å²) < 4.78 is 0. The lowest BCUT2D eigenvalue weighted by molar-refractivity contribution is -0.384. The summed E-state index contributed by atoms with van der Waals surface area (Å²) in [5, 5.41) is 15.1. The molecule has 0 radical (unpaired) electrons. The van der Waals surface area contributed by atoms with Gasteiger partial charge in [-0.15, -0.1) is 11.8 Å². The second-order valence-electron chi connectivity index (χ2n) is 4.76. The van der Waals surface area contributed by atoms with Gasteiger partial charge >= 0.3 is 0 Å². The highest BCUT2D eigenvalue weighted by atomic mass is 35.5. The molecule has 0 heterocycles. The van der Waals surface area contributed by atoms with Gasteiger partial charge in [0, 0.05) is 28.5 Å². The first kappa shape index (κ1) is 18.0. The van der Waals surface area contributed by atoms with E-state index in [2.05, 4.69) is 10.5 Å². The molecule has 0 bridgehead atoms. The Kier molecular flexibility index (Phi) is 6.77. The lowest BCUT2D eigenvalue weighted by Gasteiger charge is -2.01. The third-order valence-electron chi connectivity index (χ3n) is 2.90. The lowest BCUT2D eigenvalue weighted by Crippen LogP contribution is -2.19. The van der Waals surface area contributed by atoms with Crippen LogP contribution in [0.5, 0.6) is 0 Å². The highest BCUT2D eigenvalue weighted by Gasteiger charge is 2.04. The summed E-state index contributed by atoms with van der Waals surface area (Å²) in [6.45, 7) is 0. The fraction of sp³-hybridized carbons (Fsp3) is 0.125. The van der Waals surface area contributed by atoms with Gasteiger partial charge < -0.3 is 0 Å². The number of hydrogen-bond acceptors (Lipinski definition) is 5. The number of nitro groups is 1. The first-order chi connectivity index (χ1) is 11.5. The average Bonchev–Trinajstić information content (AvgIpc) is 2.57. The van der Waals surface area contributed by atoms with E-state index < -0.39 is 4.92 Å². The zero-order chi connectivity index (χ0) is 17.4. The van der Waals surface area contributed by atoms with Crippen molar-refractivity contribution in [2.45, 2.75) is 5.75 Å². The van der Waals surface area contributed by atoms with Gasteiger partial charge in [0.2, 0.25) is 5.91 Å². The minimum absolute atomic E-state index is 0.0243. The zero-order valence-corrected chi connectivity index (χ0v) is 14.1. The van der Waals surface area contributed by atoms with Gasteiger partial charge in [-0.05, 0) is 17.7 Å². The molecular weight excluding hydrogens is 350 g/mol. The Bertz CT molecular complexity index is 750. The van der Waals surface area contributed by atoms with Crippen LogP contribution in [0.3, 0.4) is 0 Å². The second-order valence-corrected chi connectivity index (χ2v) is 6.19. The van der Waals surface area contributed by atoms with Crippen molar-refractivity contribution in [1.82, 2.24) is 5.43 Å². The number of rotatable bonds is 7. The van der Waals surface area contributed by atoms with Crippen LogP contribution in [-0.2, 0) is 10.5 Å². The molecule has 0 aliphatic rings. The monoisotopic (exact) mass is 363 g/mol. The predicted molar refractivity (Wildman–Crippen MR) is 96.4 cm³/mol. The van der Waals surface area contributed by atoms with Crippen LogP contribution in [0.4, 0.5) is 5.69 Å². The molecule has 124 valence electrons. The summed E-state index contributed by atoms with van der Waals surface area (Å²) in [7, 11) is 0. The molecule has 0 aromatic heterocycles. The lowest BCUT2D eigenvalue weighted by atomic mass is 10.2. The Labute approximate surface area is 148 Å². The maximum Gasteiger partial charge on any atom is 0.270 e. The van der Waals surface area contributed by atoms with Gasteiger partial charge in [-0.1, -0.05) is 35.9 Å². The molecule has 0 fully saturated rings. The molecule has 0 unspecified atom stereocenters. The number of thioether (sulfide) groups is 1. The number of hydrogen-bond donors (Lipinski definition) is 1. The number of non-ortho nitro benzene ring substituents is 1. The molecule has 1 amide bonds. The predicted octanol–water partition coefficient (Wildman–Crippen LogP) is 3.63. The maximum absolute atomic E-state index is 11.7. The van der Waals surface area contributed by atoms with E-state index in [4.69, 9.17) is 11.6 Å².